The molecule has 3 N–H and O–H groups in total. The van der Waals surface area contributed by atoms with E-state index in [9.17, 15) is 9.59 Å². The van der Waals surface area contributed by atoms with Crippen LogP contribution in [0.2, 0.25) is 0 Å². The summed E-state index contributed by atoms with van der Waals surface area (Å²) in [6.07, 6.45) is 3.58. The Balaban J connectivity index is 1.46. The van der Waals surface area contributed by atoms with Gasteiger partial charge in [0.2, 0.25) is 5.91 Å². The molecular formula is C24H26N4O3. The summed E-state index contributed by atoms with van der Waals surface area (Å²) in [5.41, 5.74) is 6.93. The third kappa shape index (κ3) is 4.77. The van der Waals surface area contributed by atoms with E-state index >= 15 is 0 Å². The lowest BCUT2D eigenvalue weighted by atomic mass is 10.0. The van der Waals surface area contributed by atoms with Gasteiger partial charge < -0.3 is 20.7 Å². The van der Waals surface area contributed by atoms with Crippen molar-refractivity contribution in [2.24, 2.45) is 5.73 Å². The normalized spacial score (nSPS) is 16.2. The number of rotatable bonds is 6. The van der Waals surface area contributed by atoms with Crippen LogP contribution < -0.4 is 20.7 Å². The summed E-state index contributed by atoms with van der Waals surface area (Å²) in [5.74, 6) is 0.700. The van der Waals surface area contributed by atoms with Crippen molar-refractivity contribution < 1.29 is 14.3 Å². The van der Waals surface area contributed by atoms with E-state index < -0.39 is 5.91 Å². The number of piperidine rings is 1. The number of anilines is 2. The van der Waals surface area contributed by atoms with Crippen LogP contribution in [0.5, 0.6) is 5.75 Å². The van der Waals surface area contributed by atoms with Crippen molar-refractivity contribution in [3.8, 4) is 5.75 Å². The van der Waals surface area contributed by atoms with Crippen LogP contribution in [0.1, 0.15) is 36.5 Å². The first-order valence-corrected chi connectivity index (χ1v) is 10.5. The van der Waals surface area contributed by atoms with E-state index in [1.165, 1.54) is 19.3 Å². The number of benzene rings is 2. The van der Waals surface area contributed by atoms with Gasteiger partial charge in [-0.15, -0.1) is 0 Å². The lowest BCUT2D eigenvalue weighted by Crippen LogP contribution is -2.37. The zero-order valence-electron chi connectivity index (χ0n) is 17.5. The average Bonchev–Trinajstić information content (AvgIpc) is 2.78. The molecular weight excluding hydrogens is 392 g/mol. The van der Waals surface area contributed by atoms with Gasteiger partial charge in [0.1, 0.15) is 17.1 Å². The second-order valence-corrected chi connectivity index (χ2v) is 7.81. The summed E-state index contributed by atoms with van der Waals surface area (Å²) in [6, 6.07) is 16.6. The van der Waals surface area contributed by atoms with Gasteiger partial charge in [0.05, 0.1) is 0 Å². The van der Waals surface area contributed by atoms with Crippen LogP contribution in [-0.2, 0) is 4.79 Å². The van der Waals surface area contributed by atoms with Crippen LogP contribution in [0.4, 0.5) is 11.5 Å². The third-order valence-electron chi connectivity index (χ3n) is 5.58. The molecule has 2 aromatic carbocycles. The van der Waals surface area contributed by atoms with Crippen molar-refractivity contribution in [3.63, 3.8) is 0 Å². The molecule has 2 amide bonds. The number of nitrogens with zero attached hydrogens (tertiary/aromatic N) is 2. The van der Waals surface area contributed by atoms with Gasteiger partial charge in [0.25, 0.3) is 5.91 Å². The summed E-state index contributed by atoms with van der Waals surface area (Å²) in [6.45, 7) is 3.08. The van der Waals surface area contributed by atoms with E-state index in [0.29, 0.717) is 23.0 Å². The Labute approximate surface area is 181 Å². The number of pyridine rings is 1. The van der Waals surface area contributed by atoms with E-state index in [1.807, 2.05) is 24.3 Å². The van der Waals surface area contributed by atoms with Crippen LogP contribution in [0.25, 0.3) is 10.9 Å². The molecule has 0 radical (unpaired) electrons. The molecule has 160 valence electrons. The number of hydrogen-bond donors (Lipinski definition) is 2. The van der Waals surface area contributed by atoms with Crippen LogP contribution in [0, 0.1) is 0 Å². The number of ether oxygens (including phenoxy) is 1. The molecule has 1 unspecified atom stereocenters. The molecule has 1 aromatic heterocycles. The highest BCUT2D eigenvalue weighted by Gasteiger charge is 2.20. The lowest BCUT2D eigenvalue weighted by molar-refractivity contribution is -0.118. The monoisotopic (exact) mass is 418 g/mol. The average molecular weight is 418 g/mol. The van der Waals surface area contributed by atoms with Crippen molar-refractivity contribution in [1.29, 1.82) is 0 Å². The number of carbonyl (C=O) groups excluding carboxylic acids is 2. The molecule has 1 atom stereocenters. The van der Waals surface area contributed by atoms with E-state index in [-0.39, 0.29) is 12.5 Å². The Morgan fingerprint density at radius 2 is 1.94 bits per heavy atom. The Hall–Kier alpha value is -3.61. The molecule has 1 saturated heterocycles. The van der Waals surface area contributed by atoms with Crippen molar-refractivity contribution in [1.82, 2.24) is 4.98 Å². The van der Waals surface area contributed by atoms with Crippen LogP contribution >= 0.6 is 0 Å². The molecule has 1 aliphatic heterocycles. The highest BCUT2D eigenvalue weighted by Crippen LogP contribution is 2.29. The molecule has 7 nitrogen and oxygen atoms in total. The quantitative estimate of drug-likeness (QED) is 0.636. The van der Waals surface area contributed by atoms with Crippen molar-refractivity contribution >= 4 is 34.2 Å². The van der Waals surface area contributed by atoms with Crippen molar-refractivity contribution in [2.75, 3.05) is 23.4 Å². The first kappa shape index (κ1) is 20.7. The highest BCUT2D eigenvalue weighted by molar-refractivity contribution is 5.95. The summed E-state index contributed by atoms with van der Waals surface area (Å²) in [5, 5.41) is 3.72. The number of carbonyl (C=O) groups is 2. The minimum atomic E-state index is -0.511. The number of aromatic nitrogens is 1. The SMILES string of the molecule is CC1CCCCN1c1ccc2cccc(OCC(=O)Nc3ccc(C(N)=O)cc3)c2n1. The van der Waals surface area contributed by atoms with Gasteiger partial charge in [-0.05, 0) is 68.7 Å². The predicted octanol–water partition coefficient (Wildman–Crippen LogP) is 3.73. The van der Waals surface area contributed by atoms with E-state index in [2.05, 4.69) is 23.2 Å². The number of nitrogens with one attached hydrogen (secondary N) is 1. The minimum absolute atomic E-state index is 0.150. The molecule has 4 rings (SSSR count). The molecule has 3 aromatic rings. The number of para-hydroxylation sites is 1. The number of fused-ring (bicyclic) bond motifs is 1. The van der Waals surface area contributed by atoms with Gasteiger partial charge in [-0.3, -0.25) is 9.59 Å². The topological polar surface area (TPSA) is 97.5 Å². The fraction of sp³-hybridized carbons (Fsp3) is 0.292. The van der Waals surface area contributed by atoms with Gasteiger partial charge in [-0.2, -0.15) is 0 Å². The molecule has 0 aliphatic carbocycles. The van der Waals surface area contributed by atoms with Gasteiger partial charge in [-0.25, -0.2) is 4.98 Å². The Bertz CT molecular complexity index is 1100. The maximum absolute atomic E-state index is 12.3. The molecule has 2 heterocycles. The summed E-state index contributed by atoms with van der Waals surface area (Å²) >= 11 is 0. The van der Waals surface area contributed by atoms with Gasteiger partial charge in [0, 0.05) is 29.2 Å². The Morgan fingerprint density at radius 3 is 2.68 bits per heavy atom. The smallest absolute Gasteiger partial charge is 0.262 e. The second kappa shape index (κ2) is 9.04. The lowest BCUT2D eigenvalue weighted by Gasteiger charge is -2.34. The number of nitrogens with two attached hydrogens (primary N) is 1. The zero-order valence-corrected chi connectivity index (χ0v) is 17.5. The second-order valence-electron chi connectivity index (χ2n) is 7.81. The first-order chi connectivity index (χ1) is 15.0. The summed E-state index contributed by atoms with van der Waals surface area (Å²) in [4.78, 5) is 30.7. The summed E-state index contributed by atoms with van der Waals surface area (Å²) < 4.78 is 5.82. The maximum Gasteiger partial charge on any atom is 0.262 e. The van der Waals surface area contributed by atoms with E-state index in [4.69, 9.17) is 15.5 Å². The molecule has 1 fully saturated rings. The maximum atomic E-state index is 12.3. The van der Waals surface area contributed by atoms with Gasteiger partial charge in [0.15, 0.2) is 6.61 Å². The molecule has 7 heteroatoms. The van der Waals surface area contributed by atoms with E-state index in [0.717, 1.165) is 23.3 Å². The largest absolute Gasteiger partial charge is 0.481 e. The van der Waals surface area contributed by atoms with Crippen LogP contribution in [0.15, 0.2) is 54.6 Å². The Morgan fingerprint density at radius 1 is 1.13 bits per heavy atom. The summed E-state index contributed by atoms with van der Waals surface area (Å²) in [7, 11) is 0. The minimum Gasteiger partial charge on any atom is -0.481 e. The van der Waals surface area contributed by atoms with E-state index in [1.54, 1.807) is 24.3 Å². The fourth-order valence-corrected chi connectivity index (χ4v) is 3.88. The molecule has 0 spiro atoms. The Kier molecular flexibility index (Phi) is 6.02. The zero-order chi connectivity index (χ0) is 21.8. The van der Waals surface area contributed by atoms with Gasteiger partial charge in [-0.1, -0.05) is 12.1 Å². The fourth-order valence-electron chi connectivity index (χ4n) is 3.88. The molecule has 1 aliphatic rings. The standard InChI is InChI=1S/C24H26N4O3/c1-16-5-2-3-14-28(16)21-13-10-17-6-4-7-20(23(17)27-21)31-15-22(29)26-19-11-8-18(9-12-19)24(25)30/h4,6-13,16H,2-3,5,14-15H2,1H3,(H2,25,30)(H,26,29). The predicted molar refractivity (Wildman–Crippen MR) is 121 cm³/mol. The molecule has 31 heavy (non-hydrogen) atoms. The van der Waals surface area contributed by atoms with Gasteiger partial charge >= 0.3 is 0 Å². The highest BCUT2D eigenvalue weighted by atomic mass is 16.5. The molecule has 0 bridgehead atoms. The first-order valence-electron chi connectivity index (χ1n) is 10.5. The van der Waals surface area contributed by atoms with Crippen molar-refractivity contribution in [2.45, 2.75) is 32.2 Å². The van der Waals surface area contributed by atoms with Crippen LogP contribution in [-0.4, -0.2) is 36.0 Å². The number of hydrogen-bond acceptors (Lipinski definition) is 5. The van der Waals surface area contributed by atoms with Crippen molar-refractivity contribution in [3.05, 3.63) is 60.2 Å². The number of amides is 2. The molecule has 0 saturated carbocycles. The number of primary amides is 1. The van der Waals surface area contributed by atoms with Crippen LogP contribution in [0.3, 0.4) is 0 Å². The third-order valence-corrected chi connectivity index (χ3v) is 5.58.